The van der Waals surface area contributed by atoms with Crippen LogP contribution < -0.4 is 5.32 Å². The molecule has 0 heterocycles. The molecule has 1 rings (SSSR count). The van der Waals surface area contributed by atoms with Crippen LogP contribution in [0.5, 0.6) is 0 Å². The SMILES string of the molecule is CCC(O)CNC(=O)c1c(F)ccc([N+](=O)[O-])c1F. The number of aliphatic hydroxyl groups excluding tert-OH is 1. The Bertz CT molecular complexity index is 508. The average molecular weight is 274 g/mol. The van der Waals surface area contributed by atoms with E-state index in [0.717, 1.165) is 0 Å². The minimum absolute atomic E-state index is 0.198. The Labute approximate surface area is 107 Å². The molecule has 8 heteroatoms. The van der Waals surface area contributed by atoms with Gasteiger partial charge < -0.3 is 10.4 Å². The first-order valence-electron chi connectivity index (χ1n) is 5.47. The number of amides is 1. The number of hydrogen-bond donors (Lipinski definition) is 2. The summed E-state index contributed by atoms with van der Waals surface area (Å²) in [5, 5.41) is 21.8. The molecule has 19 heavy (non-hydrogen) atoms. The molecule has 0 radical (unpaired) electrons. The van der Waals surface area contributed by atoms with E-state index in [1.165, 1.54) is 0 Å². The number of nitro groups is 1. The van der Waals surface area contributed by atoms with Crippen molar-refractivity contribution in [3.05, 3.63) is 39.4 Å². The predicted molar refractivity (Wildman–Crippen MR) is 61.6 cm³/mol. The maximum atomic E-state index is 13.6. The summed E-state index contributed by atoms with van der Waals surface area (Å²) in [6, 6.07) is 1.29. The third-order valence-electron chi connectivity index (χ3n) is 2.46. The number of hydrogen-bond acceptors (Lipinski definition) is 4. The van der Waals surface area contributed by atoms with Crippen molar-refractivity contribution in [2.45, 2.75) is 19.4 Å². The second-order valence-electron chi connectivity index (χ2n) is 3.78. The van der Waals surface area contributed by atoms with Crippen molar-refractivity contribution in [1.82, 2.24) is 5.32 Å². The van der Waals surface area contributed by atoms with Crippen molar-refractivity contribution >= 4 is 11.6 Å². The minimum atomic E-state index is -1.53. The second-order valence-corrected chi connectivity index (χ2v) is 3.78. The molecule has 0 aliphatic rings. The largest absolute Gasteiger partial charge is 0.391 e. The molecule has 1 aromatic carbocycles. The molecule has 104 valence electrons. The highest BCUT2D eigenvalue weighted by molar-refractivity contribution is 5.95. The topological polar surface area (TPSA) is 92.5 Å². The summed E-state index contributed by atoms with van der Waals surface area (Å²) in [5.74, 6) is -3.88. The molecule has 0 bridgehead atoms. The smallest absolute Gasteiger partial charge is 0.305 e. The third-order valence-corrected chi connectivity index (χ3v) is 2.46. The Morgan fingerprint density at radius 3 is 2.68 bits per heavy atom. The zero-order valence-electron chi connectivity index (χ0n) is 10.0. The lowest BCUT2D eigenvalue weighted by atomic mass is 10.1. The van der Waals surface area contributed by atoms with Crippen LogP contribution in [0, 0.1) is 21.7 Å². The van der Waals surface area contributed by atoms with Gasteiger partial charge in [0.05, 0.1) is 11.0 Å². The maximum Gasteiger partial charge on any atom is 0.305 e. The van der Waals surface area contributed by atoms with Gasteiger partial charge in [0.25, 0.3) is 5.91 Å². The van der Waals surface area contributed by atoms with Gasteiger partial charge in [0.2, 0.25) is 5.82 Å². The molecule has 6 nitrogen and oxygen atoms in total. The van der Waals surface area contributed by atoms with Crippen LogP contribution in [0.25, 0.3) is 0 Å². The first-order valence-corrected chi connectivity index (χ1v) is 5.47. The van der Waals surface area contributed by atoms with Crippen molar-refractivity contribution in [3.8, 4) is 0 Å². The number of benzene rings is 1. The first kappa shape index (κ1) is 15.0. The van der Waals surface area contributed by atoms with Gasteiger partial charge >= 0.3 is 5.69 Å². The number of nitro benzene ring substituents is 1. The van der Waals surface area contributed by atoms with Gasteiger partial charge in [-0.25, -0.2) is 4.39 Å². The standard InChI is InChI=1S/C11H12F2N2O4/c1-2-6(16)5-14-11(17)9-7(12)3-4-8(10(9)13)15(18)19/h3-4,6,16H,2,5H2,1H3,(H,14,17). The van der Waals surface area contributed by atoms with Crippen LogP contribution in [-0.4, -0.2) is 28.6 Å². The Morgan fingerprint density at radius 1 is 1.53 bits per heavy atom. The molecule has 0 saturated heterocycles. The lowest BCUT2D eigenvalue weighted by molar-refractivity contribution is -0.387. The second kappa shape index (κ2) is 6.19. The van der Waals surface area contributed by atoms with Crippen LogP contribution >= 0.6 is 0 Å². The highest BCUT2D eigenvalue weighted by atomic mass is 19.1. The Kier molecular flexibility index (Phi) is 4.87. The molecule has 0 fully saturated rings. The summed E-state index contributed by atoms with van der Waals surface area (Å²) < 4.78 is 27.0. The summed E-state index contributed by atoms with van der Waals surface area (Å²) in [6.07, 6.45) is -0.506. The van der Waals surface area contributed by atoms with Crippen molar-refractivity contribution < 1.29 is 23.6 Å². The van der Waals surface area contributed by atoms with Crippen LogP contribution in [0.3, 0.4) is 0 Å². The van der Waals surface area contributed by atoms with Gasteiger partial charge in [0.15, 0.2) is 0 Å². The van der Waals surface area contributed by atoms with Gasteiger partial charge in [0, 0.05) is 12.6 Å². The van der Waals surface area contributed by atoms with E-state index in [1.807, 2.05) is 0 Å². The molecule has 1 unspecified atom stereocenters. The number of carbonyl (C=O) groups is 1. The monoisotopic (exact) mass is 274 g/mol. The fourth-order valence-corrected chi connectivity index (χ4v) is 1.33. The van der Waals surface area contributed by atoms with E-state index >= 15 is 0 Å². The Morgan fingerprint density at radius 2 is 2.16 bits per heavy atom. The number of halogens is 2. The highest BCUT2D eigenvalue weighted by Gasteiger charge is 2.26. The van der Waals surface area contributed by atoms with Gasteiger partial charge in [-0.05, 0) is 12.5 Å². The molecule has 1 atom stereocenters. The first-order chi connectivity index (χ1) is 8.88. The van der Waals surface area contributed by atoms with E-state index in [9.17, 15) is 28.8 Å². The van der Waals surface area contributed by atoms with Gasteiger partial charge in [-0.15, -0.1) is 0 Å². The van der Waals surface area contributed by atoms with Crippen LogP contribution in [0.2, 0.25) is 0 Å². The number of nitrogens with zero attached hydrogens (tertiary/aromatic N) is 1. The molecule has 1 aromatic rings. The zero-order valence-corrected chi connectivity index (χ0v) is 10.0. The summed E-state index contributed by atoms with van der Waals surface area (Å²) in [7, 11) is 0. The summed E-state index contributed by atoms with van der Waals surface area (Å²) in [4.78, 5) is 21.0. The van der Waals surface area contributed by atoms with Gasteiger partial charge in [-0.2, -0.15) is 4.39 Å². The third kappa shape index (κ3) is 3.44. The van der Waals surface area contributed by atoms with Crippen molar-refractivity contribution in [2.24, 2.45) is 0 Å². The average Bonchev–Trinajstić information content (AvgIpc) is 2.35. The van der Waals surface area contributed by atoms with Crippen LogP contribution in [0.4, 0.5) is 14.5 Å². The summed E-state index contributed by atoms with van der Waals surface area (Å²) in [6.45, 7) is 1.46. The fraction of sp³-hybridized carbons (Fsp3) is 0.364. The number of rotatable bonds is 5. The summed E-state index contributed by atoms with van der Waals surface area (Å²) >= 11 is 0. The summed E-state index contributed by atoms with van der Waals surface area (Å²) in [5.41, 5.74) is -2.01. The molecule has 0 aliphatic heterocycles. The van der Waals surface area contributed by atoms with Gasteiger partial charge in [-0.3, -0.25) is 14.9 Å². The molecule has 2 N–H and O–H groups in total. The van der Waals surface area contributed by atoms with Crippen LogP contribution in [0.1, 0.15) is 23.7 Å². The van der Waals surface area contributed by atoms with E-state index in [-0.39, 0.29) is 6.54 Å². The lowest BCUT2D eigenvalue weighted by Gasteiger charge is -2.10. The Balaban J connectivity index is 3.02. The minimum Gasteiger partial charge on any atom is -0.391 e. The van der Waals surface area contributed by atoms with Crippen LogP contribution in [-0.2, 0) is 0 Å². The van der Waals surface area contributed by atoms with Gasteiger partial charge in [-0.1, -0.05) is 6.92 Å². The zero-order chi connectivity index (χ0) is 14.6. The van der Waals surface area contributed by atoms with Crippen LogP contribution in [0.15, 0.2) is 12.1 Å². The van der Waals surface area contributed by atoms with E-state index < -0.39 is 39.8 Å². The predicted octanol–water partition coefficient (Wildman–Crippen LogP) is 1.37. The molecule has 1 amide bonds. The number of carbonyl (C=O) groups excluding carboxylic acids is 1. The normalized spacial score (nSPS) is 12.0. The van der Waals surface area contributed by atoms with E-state index in [1.54, 1.807) is 6.92 Å². The molecule has 0 aromatic heterocycles. The number of nitrogens with one attached hydrogen (secondary N) is 1. The molecule has 0 aliphatic carbocycles. The van der Waals surface area contributed by atoms with Gasteiger partial charge in [0.1, 0.15) is 11.4 Å². The molecular weight excluding hydrogens is 262 g/mol. The molecule has 0 saturated carbocycles. The maximum absolute atomic E-state index is 13.6. The number of aliphatic hydroxyl groups is 1. The van der Waals surface area contributed by atoms with Crippen molar-refractivity contribution in [3.63, 3.8) is 0 Å². The van der Waals surface area contributed by atoms with E-state index in [2.05, 4.69) is 5.32 Å². The van der Waals surface area contributed by atoms with Crippen molar-refractivity contribution in [2.75, 3.05) is 6.54 Å². The lowest BCUT2D eigenvalue weighted by Crippen LogP contribution is -2.33. The highest BCUT2D eigenvalue weighted by Crippen LogP contribution is 2.22. The Hall–Kier alpha value is -2.09. The van der Waals surface area contributed by atoms with Crippen molar-refractivity contribution in [1.29, 1.82) is 0 Å². The fourth-order valence-electron chi connectivity index (χ4n) is 1.33. The molecule has 0 spiro atoms. The quantitative estimate of drug-likeness (QED) is 0.626. The van der Waals surface area contributed by atoms with E-state index in [4.69, 9.17) is 0 Å². The van der Waals surface area contributed by atoms with E-state index in [0.29, 0.717) is 18.6 Å². The molecular formula is C11H12F2N2O4.